The highest BCUT2D eigenvalue weighted by Gasteiger charge is 2.18. The lowest BCUT2D eigenvalue weighted by molar-refractivity contribution is 0.0544. The van der Waals surface area contributed by atoms with Crippen molar-refractivity contribution in [3.8, 4) is 0 Å². The molecule has 0 atom stereocenters. The second kappa shape index (κ2) is 6.23. The minimum atomic E-state index is -0.470. The quantitative estimate of drug-likeness (QED) is 0.646. The van der Waals surface area contributed by atoms with Crippen molar-refractivity contribution < 1.29 is 9.53 Å². The molecule has 3 nitrogen and oxygen atoms in total. The Bertz CT molecular complexity index is 561. The Morgan fingerprint density at radius 2 is 1.84 bits per heavy atom. The fourth-order valence-electron chi connectivity index (χ4n) is 1.55. The number of benzene rings is 1. The van der Waals surface area contributed by atoms with E-state index in [9.17, 15) is 4.79 Å². The molecular weight excluding hydrogens is 238 g/mol. The van der Waals surface area contributed by atoms with E-state index in [1.807, 2.05) is 58.0 Å². The van der Waals surface area contributed by atoms with E-state index in [-0.39, 0.29) is 6.09 Å². The van der Waals surface area contributed by atoms with Crippen LogP contribution in [0.2, 0.25) is 0 Å². The molecule has 2 rings (SSSR count). The van der Waals surface area contributed by atoms with Gasteiger partial charge in [-0.3, -0.25) is 4.57 Å². The van der Waals surface area contributed by atoms with Gasteiger partial charge in [-0.1, -0.05) is 24.3 Å². The van der Waals surface area contributed by atoms with Crippen LogP contribution in [-0.2, 0) is 4.74 Å². The fourth-order valence-corrected chi connectivity index (χ4v) is 1.55. The monoisotopic (exact) mass is 259 g/mol. The molecule has 3 heteroatoms. The van der Waals surface area contributed by atoms with Gasteiger partial charge in [0, 0.05) is 11.6 Å². The van der Waals surface area contributed by atoms with E-state index in [2.05, 4.69) is 6.58 Å². The average Bonchev–Trinajstić information content (AvgIpc) is 2.71. The van der Waals surface area contributed by atoms with Gasteiger partial charge in [0.05, 0.1) is 5.52 Å². The Hall–Kier alpha value is -2.03. The molecule has 19 heavy (non-hydrogen) atoms. The summed E-state index contributed by atoms with van der Waals surface area (Å²) in [7, 11) is 0. The number of fused-ring (bicyclic) bond motifs is 1. The maximum absolute atomic E-state index is 11.9. The normalized spacial score (nSPS) is 10.5. The molecule has 102 valence electrons. The smallest absolute Gasteiger partial charge is 0.418 e. The third-order valence-electron chi connectivity index (χ3n) is 2.19. The predicted molar refractivity (Wildman–Crippen MR) is 79.4 cm³/mol. The number of aromatic nitrogens is 1. The second-order valence-electron chi connectivity index (χ2n) is 5.13. The van der Waals surface area contributed by atoms with Crippen LogP contribution < -0.4 is 0 Å². The summed E-state index contributed by atoms with van der Waals surface area (Å²) in [6.45, 7) is 10.8. The van der Waals surface area contributed by atoms with Crippen molar-refractivity contribution in [2.24, 2.45) is 0 Å². The molecule has 2 aromatic rings. The van der Waals surface area contributed by atoms with Crippen LogP contribution in [0.5, 0.6) is 0 Å². The highest BCUT2D eigenvalue weighted by Crippen LogP contribution is 2.17. The topological polar surface area (TPSA) is 31.2 Å². The summed E-state index contributed by atoms with van der Waals surface area (Å²) in [6, 6.07) is 9.62. The van der Waals surface area contributed by atoms with E-state index in [1.54, 1.807) is 12.3 Å². The molecule has 0 bridgehead atoms. The highest BCUT2D eigenvalue weighted by molar-refractivity contribution is 5.89. The van der Waals surface area contributed by atoms with Crippen molar-refractivity contribution in [3.05, 3.63) is 49.2 Å². The van der Waals surface area contributed by atoms with Crippen molar-refractivity contribution in [3.63, 3.8) is 0 Å². The lowest BCUT2D eigenvalue weighted by Crippen LogP contribution is -2.26. The molecule has 1 aromatic heterocycles. The fraction of sp³-hybridized carbons (Fsp3) is 0.312. The average molecular weight is 259 g/mol. The van der Waals surface area contributed by atoms with Gasteiger partial charge in [-0.25, -0.2) is 4.79 Å². The summed E-state index contributed by atoms with van der Waals surface area (Å²) in [5.74, 6) is 0. The van der Waals surface area contributed by atoms with Gasteiger partial charge in [0.15, 0.2) is 0 Å². The van der Waals surface area contributed by atoms with Crippen LogP contribution in [0.25, 0.3) is 10.9 Å². The van der Waals surface area contributed by atoms with Crippen molar-refractivity contribution in [1.29, 1.82) is 0 Å². The third kappa shape index (κ3) is 4.28. The van der Waals surface area contributed by atoms with E-state index >= 15 is 0 Å². The van der Waals surface area contributed by atoms with Gasteiger partial charge in [0.2, 0.25) is 0 Å². The summed E-state index contributed by atoms with van der Waals surface area (Å²) in [5.41, 5.74) is 0.402. The molecule has 1 heterocycles. The zero-order chi connectivity index (χ0) is 14.5. The van der Waals surface area contributed by atoms with Crippen molar-refractivity contribution in [2.75, 3.05) is 0 Å². The summed E-state index contributed by atoms with van der Waals surface area (Å²) in [6.07, 6.45) is 3.15. The van der Waals surface area contributed by atoms with Crippen LogP contribution in [0, 0.1) is 0 Å². The second-order valence-corrected chi connectivity index (χ2v) is 5.13. The number of hydrogen-bond donors (Lipinski definition) is 0. The Kier molecular flexibility index (Phi) is 4.93. The Morgan fingerprint density at radius 1 is 1.26 bits per heavy atom. The molecule has 0 aliphatic heterocycles. The summed E-state index contributed by atoms with van der Waals surface area (Å²) in [4.78, 5) is 11.9. The molecule has 1 aromatic carbocycles. The minimum Gasteiger partial charge on any atom is -0.443 e. The Morgan fingerprint density at radius 3 is 2.42 bits per heavy atom. The molecule has 0 radical (unpaired) electrons. The number of hydrogen-bond acceptors (Lipinski definition) is 2. The van der Waals surface area contributed by atoms with E-state index in [4.69, 9.17) is 4.74 Å². The van der Waals surface area contributed by atoms with E-state index < -0.39 is 5.60 Å². The summed E-state index contributed by atoms with van der Waals surface area (Å²) in [5, 5.41) is 1.04. The molecule has 0 fully saturated rings. The Balaban J connectivity index is 0.000000550. The maximum atomic E-state index is 11.9. The molecule has 0 amide bonds. The van der Waals surface area contributed by atoms with Crippen molar-refractivity contribution in [1.82, 2.24) is 4.57 Å². The molecule has 0 N–H and O–H groups in total. The first-order valence-electron chi connectivity index (χ1n) is 6.25. The number of rotatable bonds is 0. The molecule has 0 saturated carbocycles. The zero-order valence-electron chi connectivity index (χ0n) is 12.0. The van der Waals surface area contributed by atoms with E-state index in [0.29, 0.717) is 0 Å². The molecule has 0 aliphatic rings. The van der Waals surface area contributed by atoms with Crippen LogP contribution in [0.1, 0.15) is 27.7 Å². The summed E-state index contributed by atoms with van der Waals surface area (Å²) < 4.78 is 6.84. The first-order chi connectivity index (χ1) is 8.89. The van der Waals surface area contributed by atoms with Gasteiger partial charge >= 0.3 is 6.09 Å². The maximum Gasteiger partial charge on any atom is 0.418 e. The first-order valence-corrected chi connectivity index (χ1v) is 6.25. The highest BCUT2D eigenvalue weighted by atomic mass is 16.6. The minimum absolute atomic E-state index is 0.339. The van der Waals surface area contributed by atoms with Crippen LogP contribution in [0.4, 0.5) is 4.79 Å². The van der Waals surface area contributed by atoms with E-state index in [1.165, 1.54) is 4.57 Å². The molecule has 0 unspecified atom stereocenters. The number of ether oxygens (including phenoxy) is 1. The van der Waals surface area contributed by atoms with Gasteiger partial charge in [-0.05, 0) is 39.8 Å². The first kappa shape index (κ1) is 15.0. The van der Waals surface area contributed by atoms with Gasteiger partial charge in [0.1, 0.15) is 5.60 Å². The van der Waals surface area contributed by atoms with Crippen LogP contribution >= 0.6 is 0 Å². The number of allylic oxidation sites excluding steroid dienone is 1. The molecule has 0 spiro atoms. The largest absolute Gasteiger partial charge is 0.443 e. The number of para-hydroxylation sites is 1. The number of carbonyl (C=O) groups excluding carboxylic acids is 1. The Labute approximate surface area is 114 Å². The van der Waals surface area contributed by atoms with Crippen LogP contribution in [0.3, 0.4) is 0 Å². The van der Waals surface area contributed by atoms with Gasteiger partial charge in [0.25, 0.3) is 0 Å². The number of nitrogens with zero attached hydrogens (tertiary/aromatic N) is 1. The lowest BCUT2D eigenvalue weighted by atomic mass is 10.2. The van der Waals surface area contributed by atoms with Crippen LogP contribution in [-0.4, -0.2) is 16.3 Å². The van der Waals surface area contributed by atoms with Crippen LogP contribution in [0.15, 0.2) is 49.2 Å². The lowest BCUT2D eigenvalue weighted by Gasteiger charge is -2.19. The van der Waals surface area contributed by atoms with Crippen molar-refractivity contribution >= 4 is 17.0 Å². The standard InChI is InChI=1S/C13H15NO2.C3H6/c1-13(2,3)16-12(15)14-9-8-10-6-4-5-7-11(10)14;1-3-2/h4-9H,1-3H3;3H,1H2,2H3. The third-order valence-corrected chi connectivity index (χ3v) is 2.19. The van der Waals surface area contributed by atoms with Gasteiger partial charge < -0.3 is 4.74 Å². The zero-order valence-corrected chi connectivity index (χ0v) is 12.0. The van der Waals surface area contributed by atoms with Gasteiger partial charge in [-0.2, -0.15) is 0 Å². The SMILES string of the molecule is C=CC.CC(C)(C)OC(=O)n1ccc2ccccc21. The number of carbonyl (C=O) groups is 1. The van der Waals surface area contributed by atoms with Crippen molar-refractivity contribution in [2.45, 2.75) is 33.3 Å². The van der Waals surface area contributed by atoms with E-state index in [0.717, 1.165) is 10.9 Å². The summed E-state index contributed by atoms with van der Waals surface area (Å²) >= 11 is 0. The molecule has 0 saturated heterocycles. The molecular formula is C16H21NO2. The van der Waals surface area contributed by atoms with Gasteiger partial charge in [-0.15, -0.1) is 6.58 Å². The predicted octanol–water partition coefficient (Wildman–Crippen LogP) is 4.62. The molecule has 0 aliphatic carbocycles.